The van der Waals surface area contributed by atoms with Gasteiger partial charge >= 0.3 is 0 Å². The minimum absolute atomic E-state index is 0.448. The zero-order valence-corrected chi connectivity index (χ0v) is 23.8. The van der Waals surface area contributed by atoms with Gasteiger partial charge in [-0.15, -0.1) is 0 Å². The van der Waals surface area contributed by atoms with Gasteiger partial charge in [0.25, 0.3) is 0 Å². The number of halogens is 1. The van der Waals surface area contributed by atoms with E-state index < -0.39 is 23.4 Å². The lowest BCUT2D eigenvalue weighted by Crippen LogP contribution is -2.51. The molecular formula is C25H32ClNP2Si2. The first-order valence-corrected chi connectivity index (χ1v) is 21.0. The van der Waals surface area contributed by atoms with Crippen LogP contribution < -0.4 is 15.2 Å². The van der Waals surface area contributed by atoms with Gasteiger partial charge in [-0.05, 0) is 45.2 Å². The van der Waals surface area contributed by atoms with E-state index in [4.69, 9.17) is 11.6 Å². The molecule has 1 unspecified atom stereocenters. The van der Waals surface area contributed by atoms with E-state index >= 15 is 0 Å². The summed E-state index contributed by atoms with van der Waals surface area (Å²) in [6.45, 7) is 14.9. The number of anilines is 1. The van der Waals surface area contributed by atoms with Crippen molar-refractivity contribution in [3.63, 3.8) is 0 Å². The molecule has 0 N–H and O–H groups in total. The highest BCUT2D eigenvalue weighted by Gasteiger charge is 2.38. The Kier molecular flexibility index (Phi) is 8.00. The van der Waals surface area contributed by atoms with Gasteiger partial charge in [0.1, 0.15) is 0 Å². The van der Waals surface area contributed by atoms with Gasteiger partial charge in [-0.3, -0.25) is 0 Å². The van der Waals surface area contributed by atoms with Gasteiger partial charge in [0.15, 0.2) is 8.24 Å². The van der Waals surface area contributed by atoms with Crippen molar-refractivity contribution in [1.82, 2.24) is 0 Å². The summed E-state index contributed by atoms with van der Waals surface area (Å²) < 4.78 is 2.72. The number of rotatable bonds is 7. The van der Waals surface area contributed by atoms with Crippen molar-refractivity contribution in [3.8, 4) is 0 Å². The highest BCUT2D eigenvalue weighted by atomic mass is 35.5. The maximum Gasteiger partial charge on any atom is 0.154 e. The molecule has 3 aromatic rings. The number of benzene rings is 3. The lowest BCUT2D eigenvalue weighted by molar-refractivity contribution is 1.42. The van der Waals surface area contributed by atoms with E-state index in [0.29, 0.717) is 0 Å². The largest absolute Gasteiger partial charge is 0.366 e. The Morgan fingerprint density at radius 2 is 1.26 bits per heavy atom. The summed E-state index contributed by atoms with van der Waals surface area (Å²) in [7, 11) is -2.44. The van der Waals surface area contributed by atoms with E-state index in [9.17, 15) is 0 Å². The fourth-order valence-corrected chi connectivity index (χ4v) is 20.1. The highest BCUT2D eigenvalue weighted by Crippen LogP contribution is 2.51. The summed E-state index contributed by atoms with van der Waals surface area (Å²) in [4.78, 5) is 0. The molecule has 31 heavy (non-hydrogen) atoms. The van der Waals surface area contributed by atoms with E-state index in [0.717, 1.165) is 5.02 Å². The summed E-state index contributed by atoms with van der Waals surface area (Å²) in [5.41, 5.74) is 1.27. The molecule has 3 aromatic carbocycles. The molecule has 0 saturated heterocycles. The number of hydrogen-bond acceptors (Lipinski definition) is 0. The Hall–Kier alpha value is -1.22. The Balaban J connectivity index is 2.30. The van der Waals surface area contributed by atoms with Crippen molar-refractivity contribution in [3.05, 3.63) is 90.0 Å². The predicted octanol–water partition coefficient (Wildman–Crippen LogP) is 7.98. The van der Waals surface area contributed by atoms with Gasteiger partial charge in [-0.25, -0.2) is 0 Å². The Morgan fingerprint density at radius 3 is 1.74 bits per heavy atom. The average Bonchev–Trinajstić information content (AvgIpc) is 2.69. The van der Waals surface area contributed by atoms with Crippen LogP contribution in [0.5, 0.6) is 0 Å². The van der Waals surface area contributed by atoms with Gasteiger partial charge < -0.3 is 4.57 Å². The van der Waals surface area contributed by atoms with Gasteiger partial charge in [-0.2, -0.15) is 0 Å². The van der Waals surface area contributed by atoms with E-state index in [2.05, 4.69) is 117 Å². The Labute approximate surface area is 198 Å². The van der Waals surface area contributed by atoms with Crippen LogP contribution in [-0.2, 0) is 0 Å². The standard InChI is InChI=1S/C25H32ClNP2Si2/c1-30(2,3)27(22-19-17-21(26)18-20-22)25(28-23-13-9-7-10-14-23)29(31(4,5)6)24-15-11-8-12-16-24/h7-20H,1-6H3. The molecule has 0 radical (unpaired) electrons. The lowest BCUT2D eigenvalue weighted by Gasteiger charge is -2.44. The minimum Gasteiger partial charge on any atom is -0.366 e. The third-order valence-corrected chi connectivity index (χ3v) is 17.9. The van der Waals surface area contributed by atoms with Crippen LogP contribution in [0.2, 0.25) is 44.3 Å². The van der Waals surface area contributed by atoms with Crippen molar-refractivity contribution < 1.29 is 0 Å². The molecule has 162 valence electrons. The monoisotopic (exact) mass is 499 g/mol. The first kappa shape index (κ1) is 24.4. The molecule has 0 aliphatic rings. The molecule has 1 atom stereocenters. The zero-order chi connectivity index (χ0) is 22.6. The first-order chi connectivity index (χ1) is 14.6. The summed E-state index contributed by atoms with van der Waals surface area (Å²) in [5.74, 6) is 0. The van der Waals surface area contributed by atoms with Crippen LogP contribution in [0, 0.1) is 0 Å². The van der Waals surface area contributed by atoms with E-state index in [1.54, 1.807) is 5.16 Å². The lowest BCUT2D eigenvalue weighted by atomic mass is 10.3. The van der Waals surface area contributed by atoms with Gasteiger partial charge in [0.05, 0.1) is 12.9 Å². The molecule has 0 aromatic heterocycles. The molecule has 0 bridgehead atoms. The fraction of sp³-hybridized carbons (Fsp3) is 0.240. The van der Waals surface area contributed by atoms with Crippen LogP contribution in [0.15, 0.2) is 84.9 Å². The second kappa shape index (κ2) is 10.2. The molecule has 0 saturated carbocycles. The summed E-state index contributed by atoms with van der Waals surface area (Å²) >= 11 is 6.27. The maximum absolute atomic E-state index is 6.27. The van der Waals surface area contributed by atoms with Crippen LogP contribution in [0.25, 0.3) is 0 Å². The Bertz CT molecular complexity index is 1010. The zero-order valence-electron chi connectivity index (χ0n) is 19.3. The number of nitrogens with zero attached hydrogens (tertiary/aromatic N) is 1. The average molecular weight is 500 g/mol. The van der Waals surface area contributed by atoms with Crippen LogP contribution in [0.4, 0.5) is 5.69 Å². The molecule has 0 amide bonds. The van der Waals surface area contributed by atoms with Crippen LogP contribution in [-0.4, -0.2) is 21.1 Å². The van der Waals surface area contributed by atoms with Gasteiger partial charge in [-0.1, -0.05) is 112 Å². The summed E-state index contributed by atoms with van der Waals surface area (Å²) in [5, 5.41) is 5.20. The van der Waals surface area contributed by atoms with Crippen molar-refractivity contribution in [2.45, 2.75) is 39.3 Å². The van der Waals surface area contributed by atoms with Crippen molar-refractivity contribution in [2.75, 3.05) is 4.57 Å². The van der Waals surface area contributed by atoms with E-state index in [-0.39, 0.29) is 0 Å². The van der Waals surface area contributed by atoms with E-state index in [1.165, 1.54) is 24.5 Å². The molecule has 0 aliphatic heterocycles. The molecule has 0 fully saturated rings. The summed E-state index contributed by atoms with van der Waals surface area (Å²) in [6.07, 6.45) is 0. The van der Waals surface area contributed by atoms with Gasteiger partial charge in [0, 0.05) is 16.0 Å². The fourth-order valence-electron chi connectivity index (χ4n) is 3.59. The topological polar surface area (TPSA) is 3.24 Å². The third-order valence-electron chi connectivity index (χ3n) is 4.83. The summed E-state index contributed by atoms with van der Waals surface area (Å²) in [6, 6.07) is 30.6. The predicted molar refractivity (Wildman–Crippen MR) is 152 cm³/mol. The highest BCUT2D eigenvalue weighted by molar-refractivity contribution is 8.15. The van der Waals surface area contributed by atoms with Crippen LogP contribution >= 0.6 is 27.3 Å². The first-order valence-electron chi connectivity index (χ1n) is 10.6. The quantitative estimate of drug-likeness (QED) is 0.235. The molecule has 0 spiro atoms. The normalized spacial score (nSPS) is 13.7. The van der Waals surface area contributed by atoms with Crippen LogP contribution in [0.1, 0.15) is 0 Å². The second-order valence-corrected chi connectivity index (χ2v) is 27.6. The molecule has 3 rings (SSSR count). The van der Waals surface area contributed by atoms with E-state index in [1.807, 2.05) is 12.1 Å². The smallest absolute Gasteiger partial charge is 0.154 e. The molecule has 1 nitrogen and oxygen atoms in total. The second-order valence-electron chi connectivity index (χ2n) is 9.57. The number of hydrogen-bond donors (Lipinski definition) is 0. The van der Waals surface area contributed by atoms with Crippen LogP contribution in [0.3, 0.4) is 0 Å². The maximum atomic E-state index is 6.27. The molecule has 0 heterocycles. The van der Waals surface area contributed by atoms with Gasteiger partial charge in [0.2, 0.25) is 0 Å². The minimum atomic E-state index is -1.75. The Morgan fingerprint density at radius 1 is 0.742 bits per heavy atom. The molecular weight excluding hydrogens is 468 g/mol. The van der Waals surface area contributed by atoms with Crippen molar-refractivity contribution in [2.24, 2.45) is 0 Å². The SMILES string of the molecule is C[Si](C)(C)N(C(=Pc1ccccc1)P(c1ccccc1)[Si](C)(C)C)c1ccc(Cl)cc1. The molecule has 0 aliphatic carbocycles. The van der Waals surface area contributed by atoms with Crippen molar-refractivity contribution in [1.29, 1.82) is 0 Å². The molecule has 6 heteroatoms. The third kappa shape index (κ3) is 6.40. The van der Waals surface area contributed by atoms with Crippen molar-refractivity contribution >= 4 is 64.7 Å².